The Balaban J connectivity index is 1.01. The van der Waals surface area contributed by atoms with Crippen LogP contribution in [0.25, 0.3) is 43.8 Å². The predicted octanol–water partition coefficient (Wildman–Crippen LogP) is 20.6. The van der Waals surface area contributed by atoms with Crippen molar-refractivity contribution in [2.45, 2.75) is 219 Å². The Morgan fingerprint density at radius 2 is 0.469 bits per heavy atom. The zero-order valence-electron chi connectivity index (χ0n) is 41.1. The Labute approximate surface area is 392 Å². The van der Waals surface area contributed by atoms with Crippen LogP contribution in [-0.2, 0) is 0 Å². The second-order valence-electron chi connectivity index (χ2n) is 19.2. The molecule has 0 fully saturated rings. The van der Waals surface area contributed by atoms with E-state index in [4.69, 9.17) is 9.47 Å². The molecule has 5 aromatic rings. The minimum atomic E-state index is 0.793. The highest BCUT2D eigenvalue weighted by Gasteiger charge is 2.16. The van der Waals surface area contributed by atoms with Crippen LogP contribution in [0.5, 0.6) is 11.5 Å². The number of benzene rings is 5. The van der Waals surface area contributed by atoms with E-state index in [-0.39, 0.29) is 0 Å². The lowest BCUT2D eigenvalue weighted by molar-refractivity contribution is 0.304. The van der Waals surface area contributed by atoms with Crippen LogP contribution in [0, 0.1) is 0 Å². The molecular weight excluding hydrogens is 777 g/mol. The van der Waals surface area contributed by atoms with Crippen LogP contribution in [0.2, 0.25) is 0 Å². The molecule has 0 aliphatic rings. The van der Waals surface area contributed by atoms with Crippen LogP contribution in [0.4, 0.5) is 0 Å². The van der Waals surface area contributed by atoms with Crippen LogP contribution >= 0.6 is 0 Å². The first-order valence-corrected chi connectivity index (χ1v) is 27.2. The van der Waals surface area contributed by atoms with Gasteiger partial charge in [0.15, 0.2) is 0 Å². The summed E-state index contributed by atoms with van der Waals surface area (Å²) in [7, 11) is 0. The number of hydrogen-bond donors (Lipinski definition) is 0. The lowest BCUT2D eigenvalue weighted by Crippen LogP contribution is -1.97. The van der Waals surface area contributed by atoms with Crippen molar-refractivity contribution < 1.29 is 9.47 Å². The van der Waals surface area contributed by atoms with Crippen molar-refractivity contribution in [2.24, 2.45) is 0 Å². The third-order valence-corrected chi connectivity index (χ3v) is 13.8. The van der Waals surface area contributed by atoms with Crippen LogP contribution in [0.1, 0.15) is 219 Å². The third-order valence-electron chi connectivity index (χ3n) is 13.8. The van der Waals surface area contributed by atoms with E-state index < -0.39 is 0 Å². The highest BCUT2D eigenvalue weighted by Crippen LogP contribution is 2.44. The van der Waals surface area contributed by atoms with Crippen molar-refractivity contribution in [1.29, 1.82) is 0 Å². The molecule has 0 aromatic heterocycles. The molecule has 0 N–H and O–H groups in total. The van der Waals surface area contributed by atoms with E-state index in [9.17, 15) is 0 Å². The molecule has 0 saturated carbocycles. The molecule has 64 heavy (non-hydrogen) atoms. The number of ether oxygens (including phenoxy) is 2. The van der Waals surface area contributed by atoms with Gasteiger partial charge >= 0.3 is 0 Å². The van der Waals surface area contributed by atoms with Gasteiger partial charge in [0, 0.05) is 0 Å². The van der Waals surface area contributed by atoms with E-state index in [1.165, 1.54) is 236 Å². The van der Waals surface area contributed by atoms with Crippen LogP contribution < -0.4 is 9.47 Å². The van der Waals surface area contributed by atoms with Gasteiger partial charge in [0.1, 0.15) is 11.5 Å². The Kier molecular flexibility index (Phi) is 26.3. The van der Waals surface area contributed by atoms with Gasteiger partial charge in [-0.2, -0.15) is 0 Å². The molecule has 0 spiro atoms. The summed E-state index contributed by atoms with van der Waals surface area (Å²) in [6, 6.07) is 35.5. The molecule has 0 unspecified atom stereocenters. The molecule has 0 heterocycles. The van der Waals surface area contributed by atoms with Crippen molar-refractivity contribution >= 4 is 21.5 Å². The lowest BCUT2D eigenvalue weighted by Gasteiger charge is -2.18. The number of fused-ring (bicyclic) bond motifs is 2. The monoisotopic (exact) mass is 867 g/mol. The second-order valence-corrected chi connectivity index (χ2v) is 19.2. The van der Waals surface area contributed by atoms with Crippen molar-refractivity contribution in [1.82, 2.24) is 0 Å². The largest absolute Gasteiger partial charge is 0.494 e. The van der Waals surface area contributed by atoms with Gasteiger partial charge in [0.05, 0.1) is 13.2 Å². The number of rotatable bonds is 38. The maximum absolute atomic E-state index is 6.25. The molecule has 0 radical (unpaired) electrons. The topological polar surface area (TPSA) is 18.5 Å². The van der Waals surface area contributed by atoms with Gasteiger partial charge in [-0.15, -0.1) is 0 Å². The Bertz CT molecular complexity index is 1710. The van der Waals surface area contributed by atoms with Gasteiger partial charge in [0.2, 0.25) is 0 Å². The summed E-state index contributed by atoms with van der Waals surface area (Å²) >= 11 is 0. The van der Waals surface area contributed by atoms with Crippen LogP contribution in [-0.4, -0.2) is 13.2 Å². The fourth-order valence-electron chi connectivity index (χ4n) is 9.87. The molecule has 0 aliphatic carbocycles. The molecule has 5 aromatic carbocycles. The van der Waals surface area contributed by atoms with Gasteiger partial charge < -0.3 is 9.47 Å². The van der Waals surface area contributed by atoms with E-state index in [2.05, 4.69) is 111 Å². The molecule has 5 rings (SSSR count). The minimum Gasteiger partial charge on any atom is -0.494 e. The first kappa shape index (κ1) is 51.2. The maximum atomic E-state index is 6.25. The maximum Gasteiger partial charge on any atom is 0.119 e. The van der Waals surface area contributed by atoms with Crippen molar-refractivity contribution in [3.63, 3.8) is 0 Å². The minimum absolute atomic E-state index is 0.793. The van der Waals surface area contributed by atoms with E-state index in [0.29, 0.717) is 0 Å². The molecule has 0 amide bonds. The average Bonchev–Trinajstić information content (AvgIpc) is 3.33. The van der Waals surface area contributed by atoms with Crippen molar-refractivity contribution in [2.75, 3.05) is 13.2 Å². The first-order chi connectivity index (χ1) is 31.8. The molecule has 350 valence electrons. The Morgan fingerprint density at radius 1 is 0.250 bits per heavy atom. The van der Waals surface area contributed by atoms with Gasteiger partial charge in [-0.25, -0.2) is 0 Å². The summed E-state index contributed by atoms with van der Waals surface area (Å²) in [4.78, 5) is 0. The molecule has 0 saturated heterocycles. The fourth-order valence-corrected chi connectivity index (χ4v) is 9.87. The van der Waals surface area contributed by atoms with E-state index >= 15 is 0 Å². The standard InChI is InChI=1S/C62H90O2/c1-3-5-7-9-11-13-15-17-19-21-23-25-27-29-31-37-51-63-55-47-43-53(44-48-55)61-57-39-33-35-41-59(57)62(60-42-36-34-40-58(60)61)54-45-49-56(50-46-54)64-52-38-32-30-28-26-24-22-20-18-16-14-12-10-8-6-4-2/h33-36,39-50H,3-32,37-38,51-52H2,1-2H3. The average molecular weight is 867 g/mol. The second kappa shape index (κ2) is 32.8. The lowest BCUT2D eigenvalue weighted by atomic mass is 9.86. The Hall–Kier alpha value is -3.78. The normalized spacial score (nSPS) is 11.5. The summed E-state index contributed by atoms with van der Waals surface area (Å²) < 4.78 is 12.5. The highest BCUT2D eigenvalue weighted by atomic mass is 16.5. The van der Waals surface area contributed by atoms with Crippen molar-refractivity contribution in [3.8, 4) is 33.8 Å². The summed E-state index contributed by atoms with van der Waals surface area (Å²) in [5.74, 6) is 1.93. The highest BCUT2D eigenvalue weighted by molar-refractivity contribution is 6.21. The number of unbranched alkanes of at least 4 members (excludes halogenated alkanes) is 30. The zero-order chi connectivity index (χ0) is 44.5. The smallest absolute Gasteiger partial charge is 0.119 e. The quantitative estimate of drug-likeness (QED) is 0.0291. The van der Waals surface area contributed by atoms with Gasteiger partial charge in [-0.05, 0) is 80.9 Å². The van der Waals surface area contributed by atoms with Gasteiger partial charge in [-0.1, -0.05) is 279 Å². The van der Waals surface area contributed by atoms with Gasteiger partial charge in [-0.3, -0.25) is 0 Å². The van der Waals surface area contributed by atoms with E-state index in [1.54, 1.807) is 0 Å². The SMILES string of the molecule is CCCCCCCCCCCCCCCCCCOc1ccc(-c2c3ccccc3c(-c3ccc(OCCCCCCCCCCCCCCCCCC)cc3)c3ccccc23)cc1. The van der Waals surface area contributed by atoms with Crippen molar-refractivity contribution in [3.05, 3.63) is 97.1 Å². The van der Waals surface area contributed by atoms with Crippen LogP contribution in [0.15, 0.2) is 97.1 Å². The summed E-state index contributed by atoms with van der Waals surface area (Å²) in [6.45, 7) is 6.19. The van der Waals surface area contributed by atoms with E-state index in [1.807, 2.05) is 0 Å². The predicted molar refractivity (Wildman–Crippen MR) is 282 cm³/mol. The number of hydrogen-bond acceptors (Lipinski definition) is 2. The van der Waals surface area contributed by atoms with Gasteiger partial charge in [0.25, 0.3) is 0 Å². The molecule has 0 atom stereocenters. The molecular formula is C62H90O2. The zero-order valence-corrected chi connectivity index (χ0v) is 41.1. The molecule has 2 heteroatoms. The summed E-state index contributed by atoms with van der Waals surface area (Å²) in [5.41, 5.74) is 5.04. The molecule has 0 bridgehead atoms. The van der Waals surface area contributed by atoms with E-state index in [0.717, 1.165) is 37.6 Å². The molecule has 2 nitrogen and oxygen atoms in total. The Morgan fingerprint density at radius 3 is 0.703 bits per heavy atom. The van der Waals surface area contributed by atoms with Crippen LogP contribution in [0.3, 0.4) is 0 Å². The third kappa shape index (κ3) is 19.0. The summed E-state index contributed by atoms with van der Waals surface area (Å²) in [5, 5.41) is 5.12. The molecule has 0 aliphatic heterocycles. The summed E-state index contributed by atoms with van der Waals surface area (Å²) in [6.07, 6.45) is 44.4. The first-order valence-electron chi connectivity index (χ1n) is 27.2. The fraction of sp³-hybridized carbons (Fsp3) is 0.581.